The van der Waals surface area contributed by atoms with Crippen LogP contribution in [0.4, 0.5) is 4.39 Å². The van der Waals surface area contributed by atoms with Gasteiger partial charge in [-0.3, -0.25) is 0 Å². The first-order chi connectivity index (χ1) is 8.13. The van der Waals surface area contributed by atoms with Crippen LogP contribution < -0.4 is 4.74 Å². The van der Waals surface area contributed by atoms with Crippen molar-refractivity contribution < 1.29 is 9.13 Å². The maximum absolute atomic E-state index is 13.1. The van der Waals surface area contributed by atoms with E-state index in [-0.39, 0.29) is 5.82 Å². The molecule has 2 rings (SSSR count). The number of benzene rings is 1. The van der Waals surface area contributed by atoms with E-state index in [2.05, 4.69) is 20.9 Å². The van der Waals surface area contributed by atoms with Crippen LogP contribution in [0.15, 0.2) is 41.0 Å². The van der Waals surface area contributed by atoms with Crippen molar-refractivity contribution in [3.8, 4) is 5.75 Å². The molecule has 0 saturated carbocycles. The second-order valence-corrected chi connectivity index (χ2v) is 4.68. The molecule has 1 aromatic carbocycles. The Hall–Kier alpha value is -1.13. The Morgan fingerprint density at radius 2 is 2.12 bits per heavy atom. The molecule has 0 bridgehead atoms. The van der Waals surface area contributed by atoms with Gasteiger partial charge in [-0.05, 0) is 29.8 Å². The molecule has 1 heterocycles. The highest BCUT2D eigenvalue weighted by Gasteiger charge is 2.01. The van der Waals surface area contributed by atoms with Crippen LogP contribution in [0.2, 0.25) is 5.15 Å². The van der Waals surface area contributed by atoms with Gasteiger partial charge in [-0.1, -0.05) is 27.5 Å². The summed E-state index contributed by atoms with van der Waals surface area (Å²) in [4.78, 5) is 3.87. The molecule has 0 amide bonds. The normalized spacial score (nSPS) is 10.3. The Labute approximate surface area is 112 Å². The van der Waals surface area contributed by atoms with Crippen molar-refractivity contribution in [2.24, 2.45) is 0 Å². The molecule has 0 aliphatic heterocycles. The number of hydrogen-bond donors (Lipinski definition) is 0. The molecule has 0 atom stereocenters. The second-order valence-electron chi connectivity index (χ2n) is 3.38. The third-order valence-corrected chi connectivity index (χ3v) is 2.70. The van der Waals surface area contributed by atoms with Crippen LogP contribution in [0.1, 0.15) is 5.56 Å². The maximum Gasteiger partial charge on any atom is 0.129 e. The highest BCUT2D eigenvalue weighted by Crippen LogP contribution is 2.21. The van der Waals surface area contributed by atoms with Crippen LogP contribution in [0.5, 0.6) is 5.75 Å². The van der Waals surface area contributed by atoms with Gasteiger partial charge >= 0.3 is 0 Å². The average molecular weight is 317 g/mol. The SMILES string of the molecule is Fc1cc(Br)cc(OCc2ccnc(Cl)c2)c1. The van der Waals surface area contributed by atoms with E-state index in [1.807, 2.05) is 0 Å². The lowest BCUT2D eigenvalue weighted by atomic mass is 10.3. The molecule has 1 aromatic heterocycles. The van der Waals surface area contributed by atoms with E-state index in [0.717, 1.165) is 5.56 Å². The molecule has 88 valence electrons. The van der Waals surface area contributed by atoms with Crippen LogP contribution in [-0.2, 0) is 6.61 Å². The van der Waals surface area contributed by atoms with E-state index in [1.165, 1.54) is 12.1 Å². The monoisotopic (exact) mass is 315 g/mol. The molecule has 0 saturated heterocycles. The topological polar surface area (TPSA) is 22.1 Å². The molecule has 2 aromatic rings. The van der Waals surface area contributed by atoms with E-state index in [0.29, 0.717) is 22.0 Å². The summed E-state index contributed by atoms with van der Waals surface area (Å²) >= 11 is 8.94. The summed E-state index contributed by atoms with van der Waals surface area (Å²) in [6.07, 6.45) is 1.60. The molecule has 0 aliphatic rings. The van der Waals surface area contributed by atoms with E-state index in [4.69, 9.17) is 16.3 Å². The molecular weight excluding hydrogens is 308 g/mol. The highest BCUT2D eigenvalue weighted by atomic mass is 79.9. The molecule has 0 aliphatic carbocycles. The van der Waals surface area contributed by atoms with Gasteiger partial charge < -0.3 is 4.74 Å². The molecule has 0 fully saturated rings. The number of halogens is 3. The number of hydrogen-bond acceptors (Lipinski definition) is 2. The first-order valence-electron chi connectivity index (χ1n) is 4.83. The largest absolute Gasteiger partial charge is 0.489 e. The fourth-order valence-electron chi connectivity index (χ4n) is 1.31. The van der Waals surface area contributed by atoms with Gasteiger partial charge in [-0.2, -0.15) is 0 Å². The molecular formula is C12H8BrClFNO. The van der Waals surface area contributed by atoms with Crippen LogP contribution in [0.25, 0.3) is 0 Å². The third-order valence-electron chi connectivity index (χ3n) is 2.03. The zero-order valence-electron chi connectivity index (χ0n) is 8.66. The van der Waals surface area contributed by atoms with Crippen molar-refractivity contribution in [1.82, 2.24) is 4.98 Å². The summed E-state index contributed by atoms with van der Waals surface area (Å²) in [5.41, 5.74) is 0.880. The lowest BCUT2D eigenvalue weighted by Gasteiger charge is -2.07. The first kappa shape index (κ1) is 12.3. The van der Waals surface area contributed by atoms with E-state index >= 15 is 0 Å². The Morgan fingerprint density at radius 3 is 2.82 bits per heavy atom. The smallest absolute Gasteiger partial charge is 0.129 e. The summed E-state index contributed by atoms with van der Waals surface area (Å²) in [6.45, 7) is 0.318. The molecule has 17 heavy (non-hydrogen) atoms. The Morgan fingerprint density at radius 1 is 1.29 bits per heavy atom. The molecule has 0 N–H and O–H groups in total. The molecule has 0 radical (unpaired) electrons. The number of aromatic nitrogens is 1. The van der Waals surface area contributed by atoms with Crippen LogP contribution >= 0.6 is 27.5 Å². The van der Waals surface area contributed by atoms with E-state index in [9.17, 15) is 4.39 Å². The average Bonchev–Trinajstić information content (AvgIpc) is 2.25. The summed E-state index contributed by atoms with van der Waals surface area (Å²) in [5, 5.41) is 0.409. The second kappa shape index (κ2) is 5.47. The molecule has 5 heteroatoms. The van der Waals surface area contributed by atoms with Crippen LogP contribution in [-0.4, -0.2) is 4.98 Å². The van der Waals surface area contributed by atoms with Gasteiger partial charge in [0, 0.05) is 16.7 Å². The number of pyridine rings is 1. The van der Waals surface area contributed by atoms with Gasteiger partial charge in [-0.15, -0.1) is 0 Å². The fourth-order valence-corrected chi connectivity index (χ4v) is 1.95. The van der Waals surface area contributed by atoms with Gasteiger partial charge in [0.1, 0.15) is 23.3 Å². The van der Waals surface area contributed by atoms with E-state index in [1.54, 1.807) is 24.4 Å². The predicted octanol–water partition coefficient (Wildman–Crippen LogP) is 4.22. The lowest BCUT2D eigenvalue weighted by Crippen LogP contribution is -1.96. The minimum atomic E-state index is -0.345. The Kier molecular flexibility index (Phi) is 3.97. The zero-order valence-corrected chi connectivity index (χ0v) is 11.0. The Bertz CT molecular complexity index is 515. The number of nitrogens with zero attached hydrogens (tertiary/aromatic N) is 1. The van der Waals surface area contributed by atoms with Gasteiger partial charge in [0.2, 0.25) is 0 Å². The molecule has 0 unspecified atom stereocenters. The first-order valence-corrected chi connectivity index (χ1v) is 6.00. The molecule has 0 spiro atoms. The summed E-state index contributed by atoms with van der Waals surface area (Å²) in [6, 6.07) is 7.89. The van der Waals surface area contributed by atoms with Crippen molar-refractivity contribution in [3.63, 3.8) is 0 Å². The zero-order chi connectivity index (χ0) is 12.3. The van der Waals surface area contributed by atoms with Gasteiger partial charge in [0.15, 0.2) is 0 Å². The summed E-state index contributed by atoms with van der Waals surface area (Å²) in [5.74, 6) is 0.118. The van der Waals surface area contributed by atoms with Crippen molar-refractivity contribution >= 4 is 27.5 Å². The minimum Gasteiger partial charge on any atom is -0.489 e. The number of ether oxygens (including phenoxy) is 1. The highest BCUT2D eigenvalue weighted by molar-refractivity contribution is 9.10. The van der Waals surface area contributed by atoms with E-state index < -0.39 is 0 Å². The fraction of sp³-hybridized carbons (Fsp3) is 0.0833. The minimum absolute atomic E-state index is 0.318. The quantitative estimate of drug-likeness (QED) is 0.791. The molecule has 2 nitrogen and oxygen atoms in total. The van der Waals surface area contributed by atoms with Crippen molar-refractivity contribution in [1.29, 1.82) is 0 Å². The summed E-state index contributed by atoms with van der Waals surface area (Å²) in [7, 11) is 0. The van der Waals surface area contributed by atoms with Gasteiger partial charge in [0.05, 0.1) is 0 Å². The maximum atomic E-state index is 13.1. The van der Waals surface area contributed by atoms with Crippen LogP contribution in [0.3, 0.4) is 0 Å². The third kappa shape index (κ3) is 3.68. The van der Waals surface area contributed by atoms with Crippen LogP contribution in [0, 0.1) is 5.82 Å². The predicted molar refractivity (Wildman–Crippen MR) is 67.7 cm³/mol. The van der Waals surface area contributed by atoms with Gasteiger partial charge in [0.25, 0.3) is 0 Å². The van der Waals surface area contributed by atoms with Crippen molar-refractivity contribution in [2.45, 2.75) is 6.61 Å². The van der Waals surface area contributed by atoms with Crippen molar-refractivity contribution in [2.75, 3.05) is 0 Å². The number of rotatable bonds is 3. The summed E-state index contributed by atoms with van der Waals surface area (Å²) < 4.78 is 19.2. The van der Waals surface area contributed by atoms with Crippen molar-refractivity contribution in [3.05, 3.63) is 57.5 Å². The lowest BCUT2D eigenvalue weighted by molar-refractivity contribution is 0.304. The standard InChI is InChI=1S/C12H8BrClFNO/c13-9-4-10(15)6-11(5-9)17-7-8-1-2-16-12(14)3-8/h1-6H,7H2. The Balaban J connectivity index is 2.07. The van der Waals surface area contributed by atoms with Gasteiger partial charge in [-0.25, -0.2) is 9.37 Å².